The van der Waals surface area contributed by atoms with E-state index in [4.69, 9.17) is 4.74 Å². The van der Waals surface area contributed by atoms with Gasteiger partial charge in [-0.15, -0.1) is 0 Å². The fourth-order valence-electron chi connectivity index (χ4n) is 0.950. The lowest BCUT2D eigenvalue weighted by Gasteiger charge is -2.06. The fourth-order valence-corrected chi connectivity index (χ4v) is 0.950. The van der Waals surface area contributed by atoms with E-state index in [1.807, 2.05) is 0 Å². The molecule has 0 aromatic heterocycles. The third kappa shape index (κ3) is 3.43. The second-order valence-electron chi connectivity index (χ2n) is 2.76. The Labute approximate surface area is 81.9 Å². The number of hydrogen-bond donors (Lipinski definition) is 1. The average molecular weight is 197 g/mol. The zero-order valence-corrected chi connectivity index (χ0v) is 7.92. The molecule has 0 saturated carbocycles. The van der Waals surface area contributed by atoms with Crippen LogP contribution in [0.2, 0.25) is 0 Å². The van der Waals surface area contributed by atoms with Crippen molar-refractivity contribution in [1.29, 1.82) is 0 Å². The zero-order valence-electron chi connectivity index (χ0n) is 7.92. The van der Waals surface area contributed by atoms with E-state index in [1.54, 1.807) is 18.2 Å². The molecule has 0 saturated heterocycles. The first kappa shape index (κ1) is 10.5. The van der Waals surface area contributed by atoms with Crippen LogP contribution in [0.1, 0.15) is 6.92 Å². The lowest BCUT2D eigenvalue weighted by atomic mass is 10.3. The number of para-hydroxylation sites is 1. The van der Waals surface area contributed by atoms with Crippen LogP contribution < -0.4 is 10.1 Å². The molecule has 14 heavy (non-hydrogen) atoms. The molecule has 0 bridgehead atoms. The highest BCUT2D eigenvalue weighted by molar-refractivity contribution is 5.72. The molecule has 76 valence electrons. The summed E-state index contributed by atoms with van der Waals surface area (Å²) in [6.45, 7) is 2.06. The van der Waals surface area contributed by atoms with Gasteiger partial charge in [0.2, 0.25) is 5.91 Å². The molecule has 1 aromatic rings. The molecule has 0 aliphatic heterocycles. The Kier molecular flexibility index (Phi) is 3.91. The van der Waals surface area contributed by atoms with E-state index in [9.17, 15) is 9.18 Å². The quantitative estimate of drug-likeness (QED) is 0.740. The minimum absolute atomic E-state index is 0.123. The molecule has 3 nitrogen and oxygen atoms in total. The van der Waals surface area contributed by atoms with Gasteiger partial charge < -0.3 is 10.1 Å². The van der Waals surface area contributed by atoms with Gasteiger partial charge in [0.15, 0.2) is 11.6 Å². The molecule has 4 heteroatoms. The second kappa shape index (κ2) is 5.21. The Hall–Kier alpha value is -1.58. The average Bonchev–Trinajstić information content (AvgIpc) is 2.15. The number of rotatable bonds is 4. The minimum Gasteiger partial charge on any atom is -0.489 e. The highest BCUT2D eigenvalue weighted by atomic mass is 19.1. The lowest BCUT2D eigenvalue weighted by Crippen LogP contribution is -2.25. The van der Waals surface area contributed by atoms with Crippen LogP contribution in [0, 0.1) is 5.82 Å². The van der Waals surface area contributed by atoms with Crippen LogP contribution in [0.3, 0.4) is 0 Å². The van der Waals surface area contributed by atoms with Crippen molar-refractivity contribution in [1.82, 2.24) is 5.32 Å². The van der Waals surface area contributed by atoms with E-state index in [0.29, 0.717) is 6.54 Å². The van der Waals surface area contributed by atoms with Crippen molar-refractivity contribution in [2.45, 2.75) is 6.92 Å². The molecule has 0 fully saturated rings. The van der Waals surface area contributed by atoms with Crippen LogP contribution in [-0.2, 0) is 4.79 Å². The van der Waals surface area contributed by atoms with Gasteiger partial charge in [0, 0.05) is 6.92 Å². The van der Waals surface area contributed by atoms with Crippen molar-refractivity contribution in [2.24, 2.45) is 0 Å². The highest BCUT2D eigenvalue weighted by Crippen LogP contribution is 2.14. The van der Waals surface area contributed by atoms with Crippen LogP contribution in [0.15, 0.2) is 24.3 Å². The van der Waals surface area contributed by atoms with E-state index >= 15 is 0 Å². The molecular weight excluding hydrogens is 185 g/mol. The van der Waals surface area contributed by atoms with Gasteiger partial charge in [-0.3, -0.25) is 4.79 Å². The van der Waals surface area contributed by atoms with Crippen LogP contribution in [0.4, 0.5) is 4.39 Å². The number of nitrogens with one attached hydrogen (secondary N) is 1. The molecular formula is C10H12FNO2. The number of carbonyl (C=O) groups is 1. The molecule has 0 spiro atoms. The Morgan fingerprint density at radius 2 is 2.21 bits per heavy atom. The molecule has 0 radical (unpaired) electrons. The minimum atomic E-state index is -0.393. The number of benzene rings is 1. The Bertz CT molecular complexity index is 315. The molecule has 0 atom stereocenters. The van der Waals surface area contributed by atoms with Gasteiger partial charge in [0.25, 0.3) is 0 Å². The van der Waals surface area contributed by atoms with Crippen LogP contribution in [0.25, 0.3) is 0 Å². The fraction of sp³-hybridized carbons (Fsp3) is 0.300. The summed E-state index contributed by atoms with van der Waals surface area (Å²) < 4.78 is 18.1. The molecule has 1 amide bonds. The predicted octanol–water partition coefficient (Wildman–Crippen LogP) is 1.34. The summed E-state index contributed by atoms with van der Waals surface area (Å²) in [6.07, 6.45) is 0. The van der Waals surface area contributed by atoms with Crippen LogP contribution in [0.5, 0.6) is 5.75 Å². The maximum Gasteiger partial charge on any atom is 0.216 e. The topological polar surface area (TPSA) is 38.3 Å². The maximum atomic E-state index is 13.0. The van der Waals surface area contributed by atoms with Gasteiger partial charge in [-0.1, -0.05) is 12.1 Å². The number of hydrogen-bond acceptors (Lipinski definition) is 2. The first-order valence-electron chi connectivity index (χ1n) is 4.32. The summed E-state index contributed by atoms with van der Waals surface area (Å²) in [5, 5.41) is 2.55. The van der Waals surface area contributed by atoms with Gasteiger partial charge in [-0.2, -0.15) is 0 Å². The number of carbonyl (C=O) groups excluding carboxylic acids is 1. The SMILES string of the molecule is CC(=O)NCCOc1ccccc1F. The molecule has 0 heterocycles. The molecule has 1 aromatic carbocycles. The van der Waals surface area contributed by atoms with Crippen LogP contribution in [-0.4, -0.2) is 19.1 Å². The second-order valence-corrected chi connectivity index (χ2v) is 2.76. The maximum absolute atomic E-state index is 13.0. The van der Waals surface area contributed by atoms with Gasteiger partial charge in [0.05, 0.1) is 6.54 Å². The summed E-state index contributed by atoms with van der Waals surface area (Å²) in [7, 11) is 0. The third-order valence-corrected chi connectivity index (χ3v) is 1.57. The summed E-state index contributed by atoms with van der Waals surface area (Å²) in [5.41, 5.74) is 0. The summed E-state index contributed by atoms with van der Waals surface area (Å²) in [4.78, 5) is 10.5. The van der Waals surface area contributed by atoms with Gasteiger partial charge in [0.1, 0.15) is 6.61 Å². The molecule has 1 N–H and O–H groups in total. The van der Waals surface area contributed by atoms with Crippen molar-refractivity contribution in [2.75, 3.05) is 13.2 Å². The standard InChI is InChI=1S/C10H12FNO2/c1-8(13)12-6-7-14-10-5-3-2-4-9(10)11/h2-5H,6-7H2,1H3,(H,12,13). The van der Waals surface area contributed by atoms with Crippen molar-refractivity contribution < 1.29 is 13.9 Å². The Balaban J connectivity index is 2.31. The van der Waals surface area contributed by atoms with Crippen LogP contribution >= 0.6 is 0 Å². The molecule has 0 unspecified atom stereocenters. The third-order valence-electron chi connectivity index (χ3n) is 1.57. The Morgan fingerprint density at radius 3 is 2.86 bits per heavy atom. The first-order chi connectivity index (χ1) is 6.70. The highest BCUT2D eigenvalue weighted by Gasteiger charge is 2.00. The van der Waals surface area contributed by atoms with Gasteiger partial charge in [-0.25, -0.2) is 4.39 Å². The largest absolute Gasteiger partial charge is 0.489 e. The monoisotopic (exact) mass is 197 g/mol. The predicted molar refractivity (Wildman–Crippen MR) is 50.6 cm³/mol. The molecule has 1 rings (SSSR count). The zero-order chi connectivity index (χ0) is 10.4. The van der Waals surface area contributed by atoms with Crippen molar-refractivity contribution in [3.63, 3.8) is 0 Å². The number of amides is 1. The van der Waals surface area contributed by atoms with Crippen molar-refractivity contribution in [3.8, 4) is 5.75 Å². The van der Waals surface area contributed by atoms with E-state index in [2.05, 4.69) is 5.32 Å². The van der Waals surface area contributed by atoms with E-state index in [1.165, 1.54) is 13.0 Å². The molecule has 0 aliphatic rings. The van der Waals surface area contributed by atoms with Crippen molar-refractivity contribution in [3.05, 3.63) is 30.1 Å². The van der Waals surface area contributed by atoms with E-state index in [-0.39, 0.29) is 18.3 Å². The first-order valence-corrected chi connectivity index (χ1v) is 4.32. The van der Waals surface area contributed by atoms with E-state index < -0.39 is 5.82 Å². The Morgan fingerprint density at radius 1 is 1.50 bits per heavy atom. The van der Waals surface area contributed by atoms with Gasteiger partial charge in [-0.05, 0) is 12.1 Å². The normalized spacial score (nSPS) is 9.57. The number of halogens is 1. The summed E-state index contributed by atoms with van der Waals surface area (Å²) in [5.74, 6) is -0.310. The molecule has 0 aliphatic carbocycles. The lowest BCUT2D eigenvalue weighted by molar-refractivity contribution is -0.119. The summed E-state index contributed by atoms with van der Waals surface area (Å²) >= 11 is 0. The smallest absolute Gasteiger partial charge is 0.216 e. The number of ether oxygens (including phenoxy) is 1. The summed E-state index contributed by atoms with van der Waals surface area (Å²) in [6, 6.07) is 6.16. The van der Waals surface area contributed by atoms with Crippen molar-refractivity contribution >= 4 is 5.91 Å². The van der Waals surface area contributed by atoms with Gasteiger partial charge >= 0.3 is 0 Å². The van der Waals surface area contributed by atoms with E-state index in [0.717, 1.165) is 0 Å².